The summed E-state index contributed by atoms with van der Waals surface area (Å²) >= 11 is 4.90. The molecule has 2 atom stereocenters. The van der Waals surface area contributed by atoms with Crippen molar-refractivity contribution in [2.75, 3.05) is 6.54 Å². The maximum Gasteiger partial charge on any atom is 0.142 e. The number of halogens is 2. The van der Waals surface area contributed by atoms with Crippen LogP contribution < -0.4 is 5.32 Å². The highest BCUT2D eigenvalue weighted by Crippen LogP contribution is 2.34. The maximum absolute atomic E-state index is 13.8. The van der Waals surface area contributed by atoms with E-state index in [9.17, 15) is 4.39 Å². The van der Waals surface area contributed by atoms with Crippen molar-refractivity contribution in [3.8, 4) is 0 Å². The molecule has 1 aliphatic rings. The molecule has 2 unspecified atom stereocenters. The largest absolute Gasteiger partial charge is 0.311 e. The van der Waals surface area contributed by atoms with Gasteiger partial charge in [0.15, 0.2) is 0 Å². The standard InChI is InChI=1S/C9H11BrFNS/c10-7-5-13-4-6(7)9(11)8-2-1-3-12-8/h4-5,8-9,12H,1-3H2. The lowest BCUT2D eigenvalue weighted by Crippen LogP contribution is -2.26. The van der Waals surface area contributed by atoms with Crippen molar-refractivity contribution in [2.24, 2.45) is 0 Å². The Balaban J connectivity index is 2.12. The Morgan fingerprint density at radius 2 is 2.46 bits per heavy atom. The van der Waals surface area contributed by atoms with Crippen LogP contribution in [0, 0.1) is 0 Å². The lowest BCUT2D eigenvalue weighted by Gasteiger charge is -2.15. The van der Waals surface area contributed by atoms with Gasteiger partial charge < -0.3 is 5.32 Å². The fraction of sp³-hybridized carbons (Fsp3) is 0.556. The average molecular weight is 264 g/mol. The lowest BCUT2D eigenvalue weighted by molar-refractivity contribution is 0.271. The second-order valence-electron chi connectivity index (χ2n) is 3.28. The number of rotatable bonds is 2. The average Bonchev–Trinajstić information content (AvgIpc) is 2.72. The van der Waals surface area contributed by atoms with Crippen LogP contribution in [0.25, 0.3) is 0 Å². The Morgan fingerprint density at radius 3 is 3.00 bits per heavy atom. The minimum Gasteiger partial charge on any atom is -0.311 e. The summed E-state index contributed by atoms with van der Waals surface area (Å²) in [5, 5.41) is 6.99. The van der Waals surface area contributed by atoms with Gasteiger partial charge in [-0.05, 0) is 40.7 Å². The van der Waals surface area contributed by atoms with E-state index in [-0.39, 0.29) is 6.04 Å². The summed E-state index contributed by atoms with van der Waals surface area (Å²) in [6.07, 6.45) is 1.18. The summed E-state index contributed by atoms with van der Waals surface area (Å²) in [7, 11) is 0. The molecule has 1 aliphatic heterocycles. The highest BCUT2D eigenvalue weighted by atomic mass is 79.9. The molecule has 0 amide bonds. The second kappa shape index (κ2) is 4.07. The minimum atomic E-state index is -0.858. The molecule has 0 bridgehead atoms. The van der Waals surface area contributed by atoms with Gasteiger partial charge in [-0.1, -0.05) is 0 Å². The van der Waals surface area contributed by atoms with E-state index in [1.165, 1.54) is 11.3 Å². The molecule has 1 fully saturated rings. The summed E-state index contributed by atoms with van der Waals surface area (Å²) in [5.74, 6) is 0. The van der Waals surface area contributed by atoms with Crippen molar-refractivity contribution in [2.45, 2.75) is 25.1 Å². The molecule has 0 saturated carbocycles. The Hall–Kier alpha value is 0.0700. The van der Waals surface area contributed by atoms with Gasteiger partial charge in [-0.15, -0.1) is 0 Å². The van der Waals surface area contributed by atoms with E-state index in [0.29, 0.717) is 0 Å². The number of hydrogen-bond acceptors (Lipinski definition) is 2. The van der Waals surface area contributed by atoms with Crippen LogP contribution in [0.3, 0.4) is 0 Å². The molecule has 2 heterocycles. The van der Waals surface area contributed by atoms with Gasteiger partial charge in [0.2, 0.25) is 0 Å². The van der Waals surface area contributed by atoms with Crippen molar-refractivity contribution in [1.29, 1.82) is 0 Å². The molecule has 0 aromatic carbocycles. The zero-order valence-corrected chi connectivity index (χ0v) is 9.50. The van der Waals surface area contributed by atoms with Crippen molar-refractivity contribution >= 4 is 27.3 Å². The van der Waals surface area contributed by atoms with Gasteiger partial charge >= 0.3 is 0 Å². The molecule has 1 aromatic heterocycles. The number of nitrogens with one attached hydrogen (secondary N) is 1. The van der Waals surface area contributed by atoms with Crippen molar-refractivity contribution in [1.82, 2.24) is 5.32 Å². The van der Waals surface area contributed by atoms with Crippen molar-refractivity contribution in [3.63, 3.8) is 0 Å². The molecule has 1 aromatic rings. The van der Waals surface area contributed by atoms with Crippen LogP contribution in [-0.4, -0.2) is 12.6 Å². The fourth-order valence-corrected chi connectivity index (χ4v) is 3.20. The van der Waals surface area contributed by atoms with Crippen molar-refractivity contribution in [3.05, 3.63) is 20.8 Å². The molecule has 0 radical (unpaired) electrons. The molecule has 0 spiro atoms. The molecular weight excluding hydrogens is 253 g/mol. The smallest absolute Gasteiger partial charge is 0.142 e. The van der Waals surface area contributed by atoms with E-state index in [4.69, 9.17) is 0 Å². The number of thiophene rings is 1. The Labute approximate surface area is 89.5 Å². The third-order valence-electron chi connectivity index (χ3n) is 2.39. The Morgan fingerprint density at radius 1 is 1.62 bits per heavy atom. The highest BCUT2D eigenvalue weighted by Gasteiger charge is 2.27. The Bertz CT molecular complexity index is 283. The molecule has 0 aliphatic carbocycles. The van der Waals surface area contributed by atoms with E-state index in [1.807, 2.05) is 10.8 Å². The lowest BCUT2D eigenvalue weighted by atomic mass is 10.1. The highest BCUT2D eigenvalue weighted by molar-refractivity contribution is 9.10. The molecule has 1 saturated heterocycles. The van der Waals surface area contributed by atoms with Crippen molar-refractivity contribution < 1.29 is 4.39 Å². The van der Waals surface area contributed by atoms with Gasteiger partial charge in [-0.2, -0.15) is 11.3 Å². The van der Waals surface area contributed by atoms with Crippen LogP contribution in [0.15, 0.2) is 15.2 Å². The summed E-state index contributed by atoms with van der Waals surface area (Å²) < 4.78 is 14.8. The summed E-state index contributed by atoms with van der Waals surface area (Å²) in [5.41, 5.74) is 0.796. The number of hydrogen-bond donors (Lipinski definition) is 1. The van der Waals surface area contributed by atoms with E-state index in [2.05, 4.69) is 21.2 Å². The predicted molar refractivity (Wildman–Crippen MR) is 56.9 cm³/mol. The van der Waals surface area contributed by atoms with Crippen LogP contribution in [0.2, 0.25) is 0 Å². The third-order valence-corrected chi connectivity index (χ3v) is 4.14. The molecule has 1 N–H and O–H groups in total. The van der Waals surface area contributed by atoms with Gasteiger partial charge in [0, 0.05) is 21.5 Å². The minimum absolute atomic E-state index is 0.0194. The monoisotopic (exact) mass is 263 g/mol. The molecule has 13 heavy (non-hydrogen) atoms. The summed E-state index contributed by atoms with van der Waals surface area (Å²) in [4.78, 5) is 0. The van der Waals surface area contributed by atoms with E-state index >= 15 is 0 Å². The zero-order chi connectivity index (χ0) is 9.26. The topological polar surface area (TPSA) is 12.0 Å². The Kier molecular flexibility index (Phi) is 3.01. The van der Waals surface area contributed by atoms with Crippen LogP contribution in [0.5, 0.6) is 0 Å². The molecule has 2 rings (SSSR count). The SMILES string of the molecule is FC(c1cscc1Br)C1CCCN1. The first-order chi connectivity index (χ1) is 6.29. The fourth-order valence-electron chi connectivity index (χ4n) is 1.67. The predicted octanol–water partition coefficient (Wildman–Crippen LogP) is 3.27. The number of alkyl halides is 1. The quantitative estimate of drug-likeness (QED) is 0.864. The molecular formula is C9H11BrFNS. The van der Waals surface area contributed by atoms with E-state index in [1.54, 1.807) is 0 Å². The van der Waals surface area contributed by atoms with Crippen LogP contribution >= 0.6 is 27.3 Å². The van der Waals surface area contributed by atoms with E-state index < -0.39 is 6.17 Å². The van der Waals surface area contributed by atoms with Gasteiger partial charge in [-0.3, -0.25) is 0 Å². The first kappa shape index (κ1) is 9.62. The van der Waals surface area contributed by atoms with Crippen LogP contribution in [-0.2, 0) is 0 Å². The van der Waals surface area contributed by atoms with Gasteiger partial charge in [0.05, 0.1) is 0 Å². The zero-order valence-electron chi connectivity index (χ0n) is 7.09. The summed E-state index contributed by atoms with van der Waals surface area (Å²) in [6, 6.07) is 0.0194. The maximum atomic E-state index is 13.8. The molecule has 4 heteroatoms. The first-order valence-electron chi connectivity index (χ1n) is 4.38. The molecule has 1 nitrogen and oxygen atoms in total. The normalized spacial score (nSPS) is 24.9. The van der Waals surface area contributed by atoms with Crippen LogP contribution in [0.4, 0.5) is 4.39 Å². The first-order valence-corrected chi connectivity index (χ1v) is 6.11. The van der Waals surface area contributed by atoms with Gasteiger partial charge in [0.1, 0.15) is 6.17 Å². The summed E-state index contributed by atoms with van der Waals surface area (Å²) in [6.45, 7) is 0.951. The van der Waals surface area contributed by atoms with E-state index in [0.717, 1.165) is 29.4 Å². The van der Waals surface area contributed by atoms with Gasteiger partial charge in [-0.25, -0.2) is 4.39 Å². The van der Waals surface area contributed by atoms with Gasteiger partial charge in [0.25, 0.3) is 0 Å². The third kappa shape index (κ3) is 1.95. The molecule has 72 valence electrons. The van der Waals surface area contributed by atoms with Crippen LogP contribution in [0.1, 0.15) is 24.6 Å². The second-order valence-corrected chi connectivity index (χ2v) is 4.88.